The van der Waals surface area contributed by atoms with E-state index in [2.05, 4.69) is 5.10 Å². The van der Waals surface area contributed by atoms with Crippen LogP contribution in [0, 0.1) is 16.7 Å². The summed E-state index contributed by atoms with van der Waals surface area (Å²) in [7, 11) is 1.61. The molecule has 2 N–H and O–H groups in total. The van der Waals surface area contributed by atoms with Crippen molar-refractivity contribution in [1.82, 2.24) is 9.91 Å². The second kappa shape index (κ2) is 9.85. The third-order valence-corrected chi connectivity index (χ3v) is 6.16. The van der Waals surface area contributed by atoms with Gasteiger partial charge in [0.15, 0.2) is 0 Å². The van der Waals surface area contributed by atoms with Gasteiger partial charge in [-0.15, -0.1) is 0 Å². The SMILES string of the molecule is CN1N=C2CCN(C(=O)[C@@H](COc3cccc(C#N)c3)OC(N)=O)C[C@@]2(Cc2ccccc2)C1=O. The molecule has 0 radical (unpaired) electrons. The number of fused-ring (bicyclic) bond motifs is 1. The summed E-state index contributed by atoms with van der Waals surface area (Å²) in [5.74, 6) is -0.365. The Kier molecular flexibility index (Phi) is 6.68. The van der Waals surface area contributed by atoms with Gasteiger partial charge in [-0.25, -0.2) is 9.80 Å². The predicted molar refractivity (Wildman–Crippen MR) is 125 cm³/mol. The van der Waals surface area contributed by atoms with E-state index in [9.17, 15) is 14.4 Å². The van der Waals surface area contributed by atoms with E-state index in [1.807, 2.05) is 36.4 Å². The molecule has 2 heterocycles. The minimum atomic E-state index is -1.32. The average molecular weight is 476 g/mol. The van der Waals surface area contributed by atoms with Gasteiger partial charge in [0, 0.05) is 26.6 Å². The molecule has 0 unspecified atom stereocenters. The van der Waals surface area contributed by atoms with E-state index in [0.29, 0.717) is 30.7 Å². The first kappa shape index (κ1) is 23.8. The number of benzene rings is 2. The molecule has 10 heteroatoms. The summed E-state index contributed by atoms with van der Waals surface area (Å²) in [5.41, 5.74) is 6.29. The van der Waals surface area contributed by atoms with Crippen LogP contribution in [0.5, 0.6) is 5.75 Å². The number of carbonyl (C=O) groups excluding carboxylic acids is 3. The third kappa shape index (κ3) is 4.94. The first-order chi connectivity index (χ1) is 16.8. The van der Waals surface area contributed by atoms with Crippen LogP contribution >= 0.6 is 0 Å². The van der Waals surface area contributed by atoms with Gasteiger partial charge in [0.2, 0.25) is 6.10 Å². The van der Waals surface area contributed by atoms with Crippen LogP contribution in [0.25, 0.3) is 0 Å². The number of nitrogens with two attached hydrogens (primary N) is 1. The minimum Gasteiger partial charge on any atom is -0.489 e. The molecule has 180 valence electrons. The van der Waals surface area contributed by atoms with Gasteiger partial charge in [-0.2, -0.15) is 10.4 Å². The van der Waals surface area contributed by atoms with Crippen LogP contribution in [0.15, 0.2) is 59.7 Å². The molecule has 10 nitrogen and oxygen atoms in total. The van der Waals surface area contributed by atoms with Crippen molar-refractivity contribution in [3.8, 4) is 11.8 Å². The summed E-state index contributed by atoms with van der Waals surface area (Å²) in [6.07, 6.45) is -1.64. The molecule has 0 aliphatic carbocycles. The Morgan fingerprint density at radius 2 is 2.00 bits per heavy atom. The quantitative estimate of drug-likeness (QED) is 0.647. The van der Waals surface area contributed by atoms with E-state index in [0.717, 1.165) is 11.3 Å². The zero-order valence-corrected chi connectivity index (χ0v) is 19.2. The summed E-state index contributed by atoms with van der Waals surface area (Å²) in [5, 5.41) is 14.8. The lowest BCUT2D eigenvalue weighted by Gasteiger charge is -2.40. The molecule has 2 aliphatic rings. The second-order valence-corrected chi connectivity index (χ2v) is 8.51. The van der Waals surface area contributed by atoms with Crippen molar-refractivity contribution in [3.05, 3.63) is 65.7 Å². The molecule has 2 aliphatic heterocycles. The first-order valence-electron chi connectivity index (χ1n) is 11.1. The van der Waals surface area contributed by atoms with Crippen LogP contribution < -0.4 is 10.5 Å². The van der Waals surface area contributed by atoms with Crippen molar-refractivity contribution in [3.63, 3.8) is 0 Å². The summed E-state index contributed by atoms with van der Waals surface area (Å²) >= 11 is 0. The predicted octanol–water partition coefficient (Wildman–Crippen LogP) is 1.69. The Balaban J connectivity index is 1.55. The number of primary amides is 1. The van der Waals surface area contributed by atoms with Crippen molar-refractivity contribution in [2.45, 2.75) is 18.9 Å². The number of hydrazone groups is 1. The average Bonchev–Trinajstić information content (AvgIpc) is 3.10. The Labute approximate surface area is 202 Å². The molecule has 0 aromatic heterocycles. The van der Waals surface area contributed by atoms with Crippen molar-refractivity contribution in [2.75, 3.05) is 26.7 Å². The van der Waals surface area contributed by atoms with Gasteiger partial charge in [-0.05, 0) is 30.2 Å². The van der Waals surface area contributed by atoms with Crippen molar-refractivity contribution in [1.29, 1.82) is 5.26 Å². The van der Waals surface area contributed by atoms with Crippen LogP contribution in [-0.2, 0) is 20.7 Å². The second-order valence-electron chi connectivity index (χ2n) is 8.51. The van der Waals surface area contributed by atoms with E-state index < -0.39 is 23.5 Å². The van der Waals surface area contributed by atoms with Gasteiger partial charge in [0.05, 0.1) is 17.3 Å². The van der Waals surface area contributed by atoms with Crippen LogP contribution in [0.3, 0.4) is 0 Å². The minimum absolute atomic E-state index is 0.0886. The Hall–Kier alpha value is -4.39. The molecule has 0 bridgehead atoms. The molecule has 0 saturated carbocycles. The highest BCUT2D eigenvalue weighted by molar-refractivity contribution is 6.13. The highest BCUT2D eigenvalue weighted by Crippen LogP contribution is 2.38. The standard InChI is InChI=1S/C25H25N5O5/c1-29-23(32)25(13-17-6-3-2-4-7-17)16-30(11-10-21(25)28-29)22(31)20(35-24(27)33)15-34-19-9-5-8-18(12-19)14-26/h2-9,12,20H,10-11,13,15-16H2,1H3,(H2,27,33)/t20-,25-/m1/s1. The molecule has 2 aromatic carbocycles. The Morgan fingerprint density at radius 1 is 1.23 bits per heavy atom. The number of rotatable bonds is 7. The summed E-state index contributed by atoms with van der Waals surface area (Å²) in [4.78, 5) is 39.8. The van der Waals surface area contributed by atoms with Crippen molar-refractivity contribution >= 4 is 23.6 Å². The van der Waals surface area contributed by atoms with Crippen LogP contribution in [0.2, 0.25) is 0 Å². The Morgan fingerprint density at radius 3 is 2.71 bits per heavy atom. The van der Waals surface area contributed by atoms with Gasteiger partial charge in [-0.3, -0.25) is 9.59 Å². The van der Waals surface area contributed by atoms with Crippen molar-refractivity contribution < 1.29 is 23.9 Å². The topological polar surface area (TPSA) is 138 Å². The molecule has 0 spiro atoms. The zero-order valence-electron chi connectivity index (χ0n) is 19.2. The lowest BCUT2D eigenvalue weighted by Crippen LogP contribution is -2.58. The van der Waals surface area contributed by atoms with E-state index in [4.69, 9.17) is 20.5 Å². The van der Waals surface area contributed by atoms with Crippen LogP contribution in [-0.4, -0.2) is 66.4 Å². The number of hydrogen-bond donors (Lipinski definition) is 1. The number of hydrogen-bond acceptors (Lipinski definition) is 7. The largest absolute Gasteiger partial charge is 0.489 e. The monoisotopic (exact) mass is 475 g/mol. The highest BCUT2D eigenvalue weighted by atomic mass is 16.6. The van der Waals surface area contributed by atoms with E-state index >= 15 is 0 Å². The molecule has 2 atom stereocenters. The normalized spacial score (nSPS) is 19.9. The van der Waals surface area contributed by atoms with Crippen LogP contribution in [0.4, 0.5) is 4.79 Å². The summed E-state index contributed by atoms with van der Waals surface area (Å²) in [6, 6.07) is 17.9. The summed E-state index contributed by atoms with van der Waals surface area (Å²) in [6.45, 7) is 0.0940. The molecule has 3 amide bonds. The fourth-order valence-electron chi connectivity index (χ4n) is 4.54. The first-order valence-corrected chi connectivity index (χ1v) is 11.1. The molecule has 35 heavy (non-hydrogen) atoms. The lowest BCUT2D eigenvalue weighted by atomic mass is 9.73. The molecular formula is C25H25N5O5. The number of nitrogens with zero attached hydrogens (tertiary/aromatic N) is 4. The van der Waals surface area contributed by atoms with Crippen LogP contribution in [0.1, 0.15) is 17.5 Å². The Bertz CT molecular complexity index is 1210. The lowest BCUT2D eigenvalue weighted by molar-refractivity contribution is -0.146. The maximum Gasteiger partial charge on any atom is 0.405 e. The molecular weight excluding hydrogens is 450 g/mol. The molecule has 2 aromatic rings. The molecule has 1 fully saturated rings. The fraction of sp³-hybridized carbons (Fsp3) is 0.320. The maximum atomic E-state index is 13.4. The summed E-state index contributed by atoms with van der Waals surface area (Å²) < 4.78 is 10.7. The van der Waals surface area contributed by atoms with Gasteiger partial charge in [0.25, 0.3) is 11.8 Å². The highest BCUT2D eigenvalue weighted by Gasteiger charge is 2.54. The van der Waals surface area contributed by atoms with Gasteiger partial charge < -0.3 is 20.1 Å². The van der Waals surface area contributed by atoms with Gasteiger partial charge in [-0.1, -0.05) is 36.4 Å². The smallest absolute Gasteiger partial charge is 0.405 e. The zero-order chi connectivity index (χ0) is 25.0. The van der Waals surface area contributed by atoms with Crippen molar-refractivity contribution in [2.24, 2.45) is 16.3 Å². The number of carbonyl (C=O) groups is 3. The van der Waals surface area contributed by atoms with E-state index in [1.165, 1.54) is 16.0 Å². The van der Waals surface area contributed by atoms with E-state index in [-0.39, 0.29) is 19.1 Å². The number of nitriles is 1. The number of likely N-dealkylation sites (tertiary alicyclic amines) is 1. The molecule has 4 rings (SSSR count). The number of ether oxygens (including phenoxy) is 2. The van der Waals surface area contributed by atoms with Gasteiger partial charge in [0.1, 0.15) is 17.8 Å². The maximum absolute atomic E-state index is 13.4. The fourth-order valence-corrected chi connectivity index (χ4v) is 4.54. The molecule has 1 saturated heterocycles. The third-order valence-electron chi connectivity index (χ3n) is 6.16. The number of piperidine rings is 1. The number of amides is 3. The van der Waals surface area contributed by atoms with Gasteiger partial charge >= 0.3 is 6.09 Å². The van der Waals surface area contributed by atoms with E-state index in [1.54, 1.807) is 25.2 Å².